The number of rotatable bonds is 3. The zero-order valence-electron chi connectivity index (χ0n) is 12.1. The van der Waals surface area contributed by atoms with Crippen LogP contribution in [0.3, 0.4) is 0 Å². The van der Waals surface area contributed by atoms with E-state index in [1.807, 2.05) is 30.3 Å². The number of hydrogen-bond donors (Lipinski definition) is 2. The highest BCUT2D eigenvalue weighted by Gasteiger charge is 2.30. The highest BCUT2D eigenvalue weighted by molar-refractivity contribution is 6.05. The Morgan fingerprint density at radius 3 is 2.73 bits per heavy atom. The Morgan fingerprint density at radius 2 is 1.91 bits per heavy atom. The second-order valence-electron chi connectivity index (χ2n) is 5.08. The first-order valence-corrected chi connectivity index (χ1v) is 7.01. The van der Waals surface area contributed by atoms with E-state index >= 15 is 0 Å². The highest BCUT2D eigenvalue weighted by Crippen LogP contribution is 2.33. The van der Waals surface area contributed by atoms with Crippen LogP contribution in [0.15, 0.2) is 48.5 Å². The Labute approximate surface area is 128 Å². The minimum atomic E-state index is -0.505. The van der Waals surface area contributed by atoms with Gasteiger partial charge in [0.05, 0.1) is 18.7 Å². The molecule has 5 heteroatoms. The Balaban J connectivity index is 1.88. The number of fused-ring (bicyclic) bond motifs is 1. The smallest absolute Gasteiger partial charge is 0.232 e. The Kier molecular flexibility index (Phi) is 3.78. The summed E-state index contributed by atoms with van der Waals surface area (Å²) in [5, 5.41) is 5.64. The average Bonchev–Trinajstić information content (AvgIpc) is 2.54. The van der Waals surface area contributed by atoms with Gasteiger partial charge in [0.15, 0.2) is 0 Å². The van der Waals surface area contributed by atoms with E-state index in [1.54, 1.807) is 25.3 Å². The molecule has 1 aliphatic heterocycles. The van der Waals surface area contributed by atoms with Crippen molar-refractivity contribution in [3.8, 4) is 5.75 Å². The Bertz CT molecular complexity index is 727. The monoisotopic (exact) mass is 296 g/mol. The van der Waals surface area contributed by atoms with Gasteiger partial charge >= 0.3 is 0 Å². The maximum Gasteiger partial charge on any atom is 0.232 e. The molecule has 1 aliphatic rings. The van der Waals surface area contributed by atoms with Crippen LogP contribution in [-0.4, -0.2) is 18.9 Å². The number of nitrogens with one attached hydrogen (secondary N) is 2. The van der Waals surface area contributed by atoms with E-state index < -0.39 is 5.92 Å². The summed E-state index contributed by atoms with van der Waals surface area (Å²) >= 11 is 0. The first-order valence-electron chi connectivity index (χ1n) is 7.01. The van der Waals surface area contributed by atoms with Gasteiger partial charge in [-0.05, 0) is 23.8 Å². The fourth-order valence-corrected chi connectivity index (χ4v) is 2.61. The molecule has 5 nitrogen and oxygen atoms in total. The summed E-state index contributed by atoms with van der Waals surface area (Å²) in [6.07, 6.45) is 0.137. The quantitative estimate of drug-likeness (QED) is 0.915. The Morgan fingerprint density at radius 1 is 1.18 bits per heavy atom. The fourth-order valence-electron chi connectivity index (χ4n) is 2.61. The van der Waals surface area contributed by atoms with Crippen LogP contribution < -0.4 is 15.4 Å². The molecule has 2 N–H and O–H groups in total. The molecule has 1 unspecified atom stereocenters. The third-order valence-electron chi connectivity index (χ3n) is 3.68. The lowest BCUT2D eigenvalue weighted by Gasteiger charge is -2.25. The molecule has 2 aromatic rings. The number of hydrogen-bond acceptors (Lipinski definition) is 3. The van der Waals surface area contributed by atoms with Gasteiger partial charge in [0.2, 0.25) is 11.8 Å². The summed E-state index contributed by atoms with van der Waals surface area (Å²) in [5.74, 6) is -0.287. The normalized spacial score (nSPS) is 16.4. The second kappa shape index (κ2) is 5.89. The molecule has 1 atom stereocenters. The van der Waals surface area contributed by atoms with Crippen LogP contribution in [-0.2, 0) is 9.59 Å². The predicted molar refractivity (Wildman–Crippen MR) is 84.1 cm³/mol. The number of benzene rings is 2. The number of amides is 2. The van der Waals surface area contributed by atoms with Gasteiger partial charge < -0.3 is 15.4 Å². The number of carbonyl (C=O) groups is 2. The number of methoxy groups -OCH3 is 1. The highest BCUT2D eigenvalue weighted by atomic mass is 16.5. The van der Waals surface area contributed by atoms with E-state index in [0.717, 1.165) is 5.56 Å². The van der Waals surface area contributed by atoms with Crippen molar-refractivity contribution < 1.29 is 14.3 Å². The first kappa shape index (κ1) is 14.1. The molecular weight excluding hydrogens is 280 g/mol. The van der Waals surface area contributed by atoms with E-state index in [0.29, 0.717) is 17.1 Å². The standard InChI is InChI=1S/C17H16N2O3/c1-22-15-9-5-4-8-14(15)19-17(21)12-10-16(20)18-13-7-3-2-6-11(12)13/h2-9,12H,10H2,1H3,(H,18,20)(H,19,21). The summed E-state index contributed by atoms with van der Waals surface area (Å²) in [7, 11) is 1.55. The van der Waals surface area contributed by atoms with Gasteiger partial charge in [0.1, 0.15) is 5.75 Å². The molecule has 0 aromatic heterocycles. The van der Waals surface area contributed by atoms with Crippen molar-refractivity contribution in [1.29, 1.82) is 0 Å². The molecule has 0 fully saturated rings. The van der Waals surface area contributed by atoms with E-state index in [-0.39, 0.29) is 18.2 Å². The van der Waals surface area contributed by atoms with Gasteiger partial charge in [-0.3, -0.25) is 9.59 Å². The summed E-state index contributed by atoms with van der Waals surface area (Å²) in [6.45, 7) is 0. The van der Waals surface area contributed by atoms with Crippen LogP contribution in [0.25, 0.3) is 0 Å². The molecule has 0 bridgehead atoms. The zero-order valence-corrected chi connectivity index (χ0v) is 12.1. The van der Waals surface area contributed by atoms with Crippen molar-refractivity contribution in [3.05, 3.63) is 54.1 Å². The lowest BCUT2D eigenvalue weighted by Crippen LogP contribution is -2.30. The molecule has 0 radical (unpaired) electrons. The molecule has 0 saturated carbocycles. The number of carbonyl (C=O) groups excluding carboxylic acids is 2. The van der Waals surface area contributed by atoms with Crippen LogP contribution in [0.4, 0.5) is 11.4 Å². The maximum absolute atomic E-state index is 12.6. The van der Waals surface area contributed by atoms with E-state index in [2.05, 4.69) is 10.6 Å². The first-order chi connectivity index (χ1) is 10.7. The molecule has 0 aliphatic carbocycles. The van der Waals surface area contributed by atoms with Crippen molar-refractivity contribution in [1.82, 2.24) is 0 Å². The Hall–Kier alpha value is -2.82. The minimum Gasteiger partial charge on any atom is -0.495 e. The third-order valence-corrected chi connectivity index (χ3v) is 3.68. The summed E-state index contributed by atoms with van der Waals surface area (Å²) < 4.78 is 5.23. The zero-order chi connectivity index (χ0) is 15.5. The average molecular weight is 296 g/mol. The van der Waals surface area contributed by atoms with Crippen molar-refractivity contribution in [2.45, 2.75) is 12.3 Å². The lowest BCUT2D eigenvalue weighted by atomic mass is 9.90. The van der Waals surface area contributed by atoms with Gasteiger partial charge in [0.25, 0.3) is 0 Å². The van der Waals surface area contributed by atoms with Gasteiger partial charge in [0, 0.05) is 12.1 Å². The second-order valence-corrected chi connectivity index (χ2v) is 5.08. The van der Waals surface area contributed by atoms with E-state index in [4.69, 9.17) is 4.74 Å². The van der Waals surface area contributed by atoms with Crippen molar-refractivity contribution in [2.24, 2.45) is 0 Å². The number of anilines is 2. The summed E-state index contributed by atoms with van der Waals surface area (Å²) in [6, 6.07) is 14.6. The lowest BCUT2D eigenvalue weighted by molar-refractivity contribution is -0.123. The maximum atomic E-state index is 12.6. The fraction of sp³-hybridized carbons (Fsp3) is 0.176. The molecule has 0 saturated heterocycles. The summed E-state index contributed by atoms with van der Waals surface area (Å²) in [4.78, 5) is 24.4. The van der Waals surface area contributed by atoms with E-state index in [1.165, 1.54) is 0 Å². The van der Waals surface area contributed by atoms with Crippen LogP contribution in [0.2, 0.25) is 0 Å². The van der Waals surface area contributed by atoms with E-state index in [9.17, 15) is 9.59 Å². The molecule has 0 spiro atoms. The number of ether oxygens (including phenoxy) is 1. The predicted octanol–water partition coefficient (Wildman–Crippen LogP) is 2.76. The molecule has 2 amide bonds. The van der Waals surface area contributed by atoms with Crippen molar-refractivity contribution in [3.63, 3.8) is 0 Å². The molecular formula is C17H16N2O3. The van der Waals surface area contributed by atoms with Gasteiger partial charge in [-0.1, -0.05) is 30.3 Å². The molecule has 22 heavy (non-hydrogen) atoms. The van der Waals surface area contributed by atoms with Crippen molar-refractivity contribution in [2.75, 3.05) is 17.7 Å². The van der Waals surface area contributed by atoms with Crippen LogP contribution >= 0.6 is 0 Å². The summed E-state index contributed by atoms with van der Waals surface area (Å²) in [5.41, 5.74) is 2.12. The SMILES string of the molecule is COc1ccccc1NC(=O)C1CC(=O)Nc2ccccc21. The van der Waals surface area contributed by atoms with Crippen LogP contribution in [0.5, 0.6) is 5.75 Å². The topological polar surface area (TPSA) is 67.4 Å². The largest absolute Gasteiger partial charge is 0.495 e. The molecule has 112 valence electrons. The number of para-hydroxylation sites is 3. The minimum absolute atomic E-state index is 0.137. The van der Waals surface area contributed by atoms with Gasteiger partial charge in [-0.25, -0.2) is 0 Å². The van der Waals surface area contributed by atoms with Crippen LogP contribution in [0.1, 0.15) is 17.9 Å². The third kappa shape index (κ3) is 2.65. The van der Waals surface area contributed by atoms with Crippen molar-refractivity contribution >= 4 is 23.2 Å². The van der Waals surface area contributed by atoms with Crippen LogP contribution in [0, 0.1) is 0 Å². The van der Waals surface area contributed by atoms with Gasteiger partial charge in [-0.2, -0.15) is 0 Å². The molecule has 3 rings (SSSR count). The van der Waals surface area contributed by atoms with Gasteiger partial charge in [-0.15, -0.1) is 0 Å². The molecule has 1 heterocycles. The molecule has 2 aromatic carbocycles.